The zero-order valence-electron chi connectivity index (χ0n) is 14.8. The Kier molecular flexibility index (Phi) is 6.57. The number of anilines is 1. The van der Waals surface area contributed by atoms with Gasteiger partial charge in [0.2, 0.25) is 0 Å². The van der Waals surface area contributed by atoms with Gasteiger partial charge in [-0.1, -0.05) is 25.5 Å². The van der Waals surface area contributed by atoms with Crippen LogP contribution in [0.25, 0.3) is 0 Å². The quantitative estimate of drug-likeness (QED) is 0.573. The van der Waals surface area contributed by atoms with E-state index >= 15 is 0 Å². The molecule has 0 bridgehead atoms. The summed E-state index contributed by atoms with van der Waals surface area (Å²) in [5.41, 5.74) is 1.57. The average molecular weight is 341 g/mol. The van der Waals surface area contributed by atoms with Crippen LogP contribution in [-0.4, -0.2) is 25.4 Å². The fraction of sp³-hybridized carbons (Fsp3) is 0.300. The molecule has 0 spiro atoms. The van der Waals surface area contributed by atoms with Crippen molar-refractivity contribution in [3.63, 3.8) is 0 Å². The Morgan fingerprint density at radius 3 is 2.52 bits per heavy atom. The molecule has 132 valence electrons. The van der Waals surface area contributed by atoms with Gasteiger partial charge in [-0.15, -0.1) is 0 Å². The molecule has 0 saturated carbocycles. The van der Waals surface area contributed by atoms with E-state index in [2.05, 4.69) is 12.2 Å². The van der Waals surface area contributed by atoms with E-state index in [0.29, 0.717) is 34.9 Å². The van der Waals surface area contributed by atoms with Gasteiger partial charge in [-0.3, -0.25) is 9.59 Å². The number of ether oxygens (including phenoxy) is 2. The van der Waals surface area contributed by atoms with E-state index in [-0.39, 0.29) is 11.7 Å². The number of ketones is 1. The molecule has 0 heterocycles. The van der Waals surface area contributed by atoms with Crippen molar-refractivity contribution >= 4 is 17.4 Å². The Morgan fingerprint density at radius 2 is 1.84 bits per heavy atom. The van der Waals surface area contributed by atoms with Crippen LogP contribution >= 0.6 is 0 Å². The lowest BCUT2D eigenvalue weighted by Crippen LogP contribution is -2.12. The standard InChI is InChI=1S/C20H23NO4/c1-4-5-11-25-18-10-9-16(13-19(18)24-3)20(23)21-17-8-6-7-15(12-17)14(2)22/h6-10,12-13H,4-5,11H2,1-3H3,(H,21,23). The Balaban J connectivity index is 2.13. The molecule has 0 unspecified atom stereocenters. The Morgan fingerprint density at radius 1 is 1.04 bits per heavy atom. The van der Waals surface area contributed by atoms with E-state index in [1.54, 1.807) is 49.6 Å². The molecule has 5 heteroatoms. The summed E-state index contributed by atoms with van der Waals surface area (Å²) in [5.74, 6) is 0.803. The highest BCUT2D eigenvalue weighted by Crippen LogP contribution is 2.28. The maximum Gasteiger partial charge on any atom is 0.255 e. The van der Waals surface area contributed by atoms with Crippen molar-refractivity contribution in [3.8, 4) is 11.5 Å². The Labute approximate surface area is 148 Å². The second kappa shape index (κ2) is 8.87. The van der Waals surface area contributed by atoms with Gasteiger partial charge in [-0.25, -0.2) is 0 Å². The van der Waals surface area contributed by atoms with Crippen molar-refractivity contribution in [3.05, 3.63) is 53.6 Å². The molecule has 2 aromatic carbocycles. The molecule has 5 nitrogen and oxygen atoms in total. The van der Waals surface area contributed by atoms with Crippen molar-refractivity contribution in [2.24, 2.45) is 0 Å². The smallest absolute Gasteiger partial charge is 0.255 e. The summed E-state index contributed by atoms with van der Waals surface area (Å²) in [6, 6.07) is 11.9. The Hall–Kier alpha value is -2.82. The van der Waals surface area contributed by atoms with Gasteiger partial charge in [0.25, 0.3) is 5.91 Å². The number of carbonyl (C=O) groups excluding carboxylic acids is 2. The fourth-order valence-corrected chi connectivity index (χ4v) is 2.27. The minimum absolute atomic E-state index is 0.0497. The first-order valence-electron chi connectivity index (χ1n) is 8.28. The van der Waals surface area contributed by atoms with Crippen molar-refractivity contribution in [1.82, 2.24) is 0 Å². The maximum absolute atomic E-state index is 12.4. The van der Waals surface area contributed by atoms with E-state index in [1.807, 2.05) is 0 Å². The molecule has 0 aromatic heterocycles. The number of hydrogen-bond donors (Lipinski definition) is 1. The van der Waals surface area contributed by atoms with Crippen LogP contribution in [-0.2, 0) is 0 Å². The number of carbonyl (C=O) groups is 2. The van der Waals surface area contributed by atoms with E-state index in [4.69, 9.17) is 9.47 Å². The molecule has 0 aliphatic rings. The average Bonchev–Trinajstić information content (AvgIpc) is 2.62. The molecule has 2 aromatic rings. The summed E-state index contributed by atoms with van der Waals surface area (Å²) in [7, 11) is 1.54. The molecular weight excluding hydrogens is 318 g/mol. The second-order valence-electron chi connectivity index (χ2n) is 5.66. The lowest BCUT2D eigenvalue weighted by molar-refractivity contribution is 0.101. The van der Waals surface area contributed by atoms with Gasteiger partial charge in [-0.2, -0.15) is 0 Å². The van der Waals surface area contributed by atoms with E-state index in [0.717, 1.165) is 12.8 Å². The number of hydrogen-bond acceptors (Lipinski definition) is 4. The van der Waals surface area contributed by atoms with Gasteiger partial charge < -0.3 is 14.8 Å². The molecule has 2 rings (SSSR count). The molecule has 0 fully saturated rings. The summed E-state index contributed by atoms with van der Waals surface area (Å²) in [5, 5.41) is 2.79. The monoisotopic (exact) mass is 341 g/mol. The normalized spacial score (nSPS) is 10.2. The topological polar surface area (TPSA) is 64.6 Å². The van der Waals surface area contributed by atoms with Crippen molar-refractivity contribution in [1.29, 1.82) is 0 Å². The van der Waals surface area contributed by atoms with Crippen LogP contribution in [0.5, 0.6) is 11.5 Å². The minimum Gasteiger partial charge on any atom is -0.493 e. The third kappa shape index (κ3) is 5.08. The van der Waals surface area contributed by atoms with E-state index < -0.39 is 0 Å². The van der Waals surface area contributed by atoms with Crippen LogP contribution < -0.4 is 14.8 Å². The van der Waals surface area contributed by atoms with Gasteiger partial charge in [-0.05, 0) is 43.7 Å². The molecule has 1 N–H and O–H groups in total. The zero-order valence-corrected chi connectivity index (χ0v) is 14.8. The second-order valence-corrected chi connectivity index (χ2v) is 5.66. The number of benzene rings is 2. The van der Waals surface area contributed by atoms with E-state index in [9.17, 15) is 9.59 Å². The summed E-state index contributed by atoms with van der Waals surface area (Å²) in [4.78, 5) is 23.9. The molecule has 0 aliphatic heterocycles. The highest BCUT2D eigenvalue weighted by atomic mass is 16.5. The number of unbranched alkanes of at least 4 members (excludes halogenated alkanes) is 1. The highest BCUT2D eigenvalue weighted by molar-refractivity contribution is 6.05. The number of nitrogens with one attached hydrogen (secondary N) is 1. The third-order valence-corrected chi connectivity index (χ3v) is 3.71. The van der Waals surface area contributed by atoms with Crippen LogP contribution in [0.4, 0.5) is 5.69 Å². The fourth-order valence-electron chi connectivity index (χ4n) is 2.27. The number of rotatable bonds is 8. The third-order valence-electron chi connectivity index (χ3n) is 3.71. The first-order valence-corrected chi connectivity index (χ1v) is 8.28. The van der Waals surface area contributed by atoms with Gasteiger partial charge in [0.15, 0.2) is 17.3 Å². The zero-order chi connectivity index (χ0) is 18.2. The largest absolute Gasteiger partial charge is 0.493 e. The van der Waals surface area contributed by atoms with Gasteiger partial charge in [0.1, 0.15) is 0 Å². The highest BCUT2D eigenvalue weighted by Gasteiger charge is 2.12. The summed E-state index contributed by atoms with van der Waals surface area (Å²) in [6.07, 6.45) is 2.00. The predicted molar refractivity (Wildman–Crippen MR) is 97.8 cm³/mol. The molecule has 1 amide bonds. The first kappa shape index (κ1) is 18.5. The Bertz CT molecular complexity index is 755. The van der Waals surface area contributed by atoms with Crippen molar-refractivity contribution in [2.45, 2.75) is 26.7 Å². The molecular formula is C20H23NO4. The molecule has 0 atom stereocenters. The number of methoxy groups -OCH3 is 1. The van der Waals surface area contributed by atoms with Crippen LogP contribution in [0.1, 0.15) is 47.4 Å². The summed E-state index contributed by atoms with van der Waals surface area (Å²) < 4.78 is 11.0. The van der Waals surface area contributed by atoms with Crippen LogP contribution in [0.15, 0.2) is 42.5 Å². The summed E-state index contributed by atoms with van der Waals surface area (Å²) in [6.45, 7) is 4.19. The maximum atomic E-state index is 12.4. The van der Waals surface area contributed by atoms with Gasteiger partial charge >= 0.3 is 0 Å². The number of amides is 1. The summed E-state index contributed by atoms with van der Waals surface area (Å²) >= 11 is 0. The molecule has 0 saturated heterocycles. The number of Topliss-reactive ketones (excluding diaryl/α,β-unsaturated/α-hetero) is 1. The predicted octanol–water partition coefficient (Wildman–Crippen LogP) is 4.33. The van der Waals surface area contributed by atoms with Gasteiger partial charge in [0.05, 0.1) is 13.7 Å². The van der Waals surface area contributed by atoms with Crippen LogP contribution in [0, 0.1) is 0 Å². The SMILES string of the molecule is CCCCOc1ccc(C(=O)Nc2cccc(C(C)=O)c2)cc1OC. The van der Waals surface area contributed by atoms with E-state index in [1.165, 1.54) is 6.92 Å². The first-order chi connectivity index (χ1) is 12.0. The molecule has 0 aliphatic carbocycles. The molecule has 25 heavy (non-hydrogen) atoms. The van der Waals surface area contributed by atoms with Crippen LogP contribution in [0.2, 0.25) is 0 Å². The van der Waals surface area contributed by atoms with Gasteiger partial charge in [0, 0.05) is 16.8 Å². The van der Waals surface area contributed by atoms with Crippen molar-refractivity contribution in [2.75, 3.05) is 19.0 Å². The minimum atomic E-state index is -0.279. The molecule has 0 radical (unpaired) electrons. The van der Waals surface area contributed by atoms with Crippen LogP contribution in [0.3, 0.4) is 0 Å². The lowest BCUT2D eigenvalue weighted by Gasteiger charge is -2.12. The lowest BCUT2D eigenvalue weighted by atomic mass is 10.1. The van der Waals surface area contributed by atoms with Crippen molar-refractivity contribution < 1.29 is 19.1 Å².